The van der Waals surface area contributed by atoms with Crippen molar-refractivity contribution in [3.63, 3.8) is 0 Å². The van der Waals surface area contributed by atoms with Crippen molar-refractivity contribution in [1.82, 2.24) is 9.97 Å². The molecule has 0 unspecified atom stereocenters. The normalized spacial score (nSPS) is 10.5. The summed E-state index contributed by atoms with van der Waals surface area (Å²) in [6.45, 7) is 10.1. The summed E-state index contributed by atoms with van der Waals surface area (Å²) in [7, 11) is 0. The minimum Gasteiger partial charge on any atom is -0.477 e. The van der Waals surface area contributed by atoms with Crippen LogP contribution in [0.25, 0.3) is 0 Å². The Kier molecular flexibility index (Phi) is 7.23. The van der Waals surface area contributed by atoms with Gasteiger partial charge in [-0.2, -0.15) is 4.98 Å². The summed E-state index contributed by atoms with van der Waals surface area (Å²) in [6, 6.07) is 0. The molecule has 0 atom stereocenters. The lowest BCUT2D eigenvalue weighted by Crippen LogP contribution is -2.10. The standard InChI is InChI=1S/C15H27N3O/c1-5-8-11-19-15-12(4)14(16-10-7-3)17-13(18-15)9-6-2/h5-11H2,1-4H3,(H,16,17,18). The van der Waals surface area contributed by atoms with E-state index in [4.69, 9.17) is 4.74 Å². The van der Waals surface area contributed by atoms with E-state index in [1.807, 2.05) is 6.92 Å². The molecule has 0 aromatic carbocycles. The first-order chi connectivity index (χ1) is 9.22. The van der Waals surface area contributed by atoms with Gasteiger partial charge < -0.3 is 10.1 Å². The Bertz CT molecular complexity index is 380. The molecule has 0 saturated carbocycles. The van der Waals surface area contributed by atoms with Crippen LogP contribution in [0.15, 0.2) is 0 Å². The maximum Gasteiger partial charge on any atom is 0.221 e. The fourth-order valence-corrected chi connectivity index (χ4v) is 1.74. The molecule has 108 valence electrons. The van der Waals surface area contributed by atoms with Crippen molar-refractivity contribution in [2.45, 2.75) is 59.8 Å². The van der Waals surface area contributed by atoms with E-state index >= 15 is 0 Å². The minimum absolute atomic E-state index is 0.729. The van der Waals surface area contributed by atoms with Crippen LogP contribution in [0.2, 0.25) is 0 Å². The predicted molar refractivity (Wildman–Crippen MR) is 79.9 cm³/mol. The molecule has 1 aromatic heterocycles. The molecule has 0 aliphatic carbocycles. The van der Waals surface area contributed by atoms with Gasteiger partial charge in [0.25, 0.3) is 0 Å². The average molecular weight is 265 g/mol. The van der Waals surface area contributed by atoms with Gasteiger partial charge in [0.1, 0.15) is 11.6 Å². The number of aromatic nitrogens is 2. The SMILES string of the molecule is CCCCOc1nc(CCC)nc(NCCC)c1C. The zero-order valence-electron chi connectivity index (χ0n) is 12.8. The molecule has 19 heavy (non-hydrogen) atoms. The average Bonchev–Trinajstić information content (AvgIpc) is 2.41. The van der Waals surface area contributed by atoms with Gasteiger partial charge >= 0.3 is 0 Å². The molecule has 0 fully saturated rings. The van der Waals surface area contributed by atoms with Crippen molar-refractivity contribution >= 4 is 5.82 Å². The Hall–Kier alpha value is -1.32. The Morgan fingerprint density at radius 1 is 1.05 bits per heavy atom. The largest absolute Gasteiger partial charge is 0.477 e. The molecule has 0 aliphatic heterocycles. The molecular formula is C15H27N3O. The maximum absolute atomic E-state index is 5.79. The smallest absolute Gasteiger partial charge is 0.221 e. The molecule has 4 nitrogen and oxygen atoms in total. The Balaban J connectivity index is 2.88. The van der Waals surface area contributed by atoms with Crippen molar-refractivity contribution in [2.24, 2.45) is 0 Å². The number of nitrogens with one attached hydrogen (secondary N) is 1. The Morgan fingerprint density at radius 3 is 2.47 bits per heavy atom. The number of unbranched alkanes of at least 4 members (excludes halogenated alkanes) is 1. The van der Waals surface area contributed by atoms with E-state index in [-0.39, 0.29) is 0 Å². The highest BCUT2D eigenvalue weighted by Crippen LogP contribution is 2.22. The zero-order valence-corrected chi connectivity index (χ0v) is 12.8. The highest BCUT2D eigenvalue weighted by Gasteiger charge is 2.11. The summed E-state index contributed by atoms with van der Waals surface area (Å²) in [5.74, 6) is 2.54. The van der Waals surface area contributed by atoms with E-state index in [1.165, 1.54) is 0 Å². The molecule has 0 radical (unpaired) electrons. The lowest BCUT2D eigenvalue weighted by atomic mass is 10.2. The van der Waals surface area contributed by atoms with E-state index in [9.17, 15) is 0 Å². The van der Waals surface area contributed by atoms with Crippen LogP contribution < -0.4 is 10.1 Å². The molecule has 1 rings (SSSR count). The summed E-state index contributed by atoms with van der Waals surface area (Å²) in [4.78, 5) is 9.12. The molecule has 0 spiro atoms. The van der Waals surface area contributed by atoms with Crippen molar-refractivity contribution in [3.05, 3.63) is 11.4 Å². The molecule has 0 amide bonds. The van der Waals surface area contributed by atoms with Crippen molar-refractivity contribution in [3.8, 4) is 5.88 Å². The molecule has 4 heteroatoms. The van der Waals surface area contributed by atoms with Crippen LogP contribution in [0.4, 0.5) is 5.82 Å². The summed E-state index contributed by atoms with van der Waals surface area (Å²) < 4.78 is 5.79. The van der Waals surface area contributed by atoms with Gasteiger partial charge in [-0.3, -0.25) is 0 Å². The van der Waals surface area contributed by atoms with E-state index < -0.39 is 0 Å². The quantitative estimate of drug-likeness (QED) is 0.691. The topological polar surface area (TPSA) is 47.0 Å². The van der Waals surface area contributed by atoms with Crippen LogP contribution in [0.3, 0.4) is 0 Å². The molecule has 1 heterocycles. The van der Waals surface area contributed by atoms with Gasteiger partial charge in [0.05, 0.1) is 12.2 Å². The minimum atomic E-state index is 0.729. The first-order valence-corrected chi connectivity index (χ1v) is 7.47. The number of rotatable bonds is 9. The first-order valence-electron chi connectivity index (χ1n) is 7.47. The third kappa shape index (κ3) is 5.05. The second-order valence-corrected chi connectivity index (χ2v) is 4.80. The van der Waals surface area contributed by atoms with Gasteiger partial charge in [-0.1, -0.05) is 27.2 Å². The van der Waals surface area contributed by atoms with Crippen LogP contribution >= 0.6 is 0 Å². The van der Waals surface area contributed by atoms with Gasteiger partial charge in [0, 0.05) is 13.0 Å². The number of anilines is 1. The second kappa shape index (κ2) is 8.73. The van der Waals surface area contributed by atoms with Crippen LogP contribution in [-0.4, -0.2) is 23.1 Å². The summed E-state index contributed by atoms with van der Waals surface area (Å²) in [5.41, 5.74) is 1.02. The number of nitrogens with zero attached hydrogens (tertiary/aromatic N) is 2. The van der Waals surface area contributed by atoms with Gasteiger partial charge in [-0.05, 0) is 26.2 Å². The fraction of sp³-hybridized carbons (Fsp3) is 0.733. The molecular weight excluding hydrogens is 238 g/mol. The molecule has 0 bridgehead atoms. The maximum atomic E-state index is 5.79. The van der Waals surface area contributed by atoms with Crippen molar-refractivity contribution in [1.29, 1.82) is 0 Å². The highest BCUT2D eigenvalue weighted by molar-refractivity contribution is 5.48. The van der Waals surface area contributed by atoms with Crippen LogP contribution in [-0.2, 0) is 6.42 Å². The Labute approximate surface area is 117 Å². The summed E-state index contributed by atoms with van der Waals surface area (Å²) in [5, 5.41) is 3.36. The van der Waals surface area contributed by atoms with E-state index in [0.29, 0.717) is 0 Å². The van der Waals surface area contributed by atoms with E-state index in [1.54, 1.807) is 0 Å². The van der Waals surface area contributed by atoms with E-state index in [2.05, 4.69) is 36.1 Å². The molecule has 1 N–H and O–H groups in total. The predicted octanol–water partition coefficient (Wildman–Crippen LogP) is 3.74. The Morgan fingerprint density at radius 2 is 1.84 bits per heavy atom. The number of aryl methyl sites for hydroxylation is 1. The first kappa shape index (κ1) is 15.7. The molecule has 0 saturated heterocycles. The fourth-order valence-electron chi connectivity index (χ4n) is 1.74. The number of ether oxygens (including phenoxy) is 1. The van der Waals surface area contributed by atoms with Crippen LogP contribution in [0.5, 0.6) is 5.88 Å². The summed E-state index contributed by atoms with van der Waals surface area (Å²) >= 11 is 0. The van der Waals surface area contributed by atoms with Gasteiger partial charge in [0.15, 0.2) is 0 Å². The van der Waals surface area contributed by atoms with Crippen molar-refractivity contribution < 1.29 is 4.74 Å². The van der Waals surface area contributed by atoms with Gasteiger partial charge in [0.2, 0.25) is 5.88 Å². The third-order valence-corrected chi connectivity index (χ3v) is 2.90. The monoisotopic (exact) mass is 265 g/mol. The van der Waals surface area contributed by atoms with Gasteiger partial charge in [-0.25, -0.2) is 4.98 Å². The third-order valence-electron chi connectivity index (χ3n) is 2.90. The van der Waals surface area contributed by atoms with Crippen molar-refractivity contribution in [2.75, 3.05) is 18.5 Å². The lowest BCUT2D eigenvalue weighted by Gasteiger charge is -2.14. The number of hydrogen-bond acceptors (Lipinski definition) is 4. The molecule has 1 aromatic rings. The van der Waals surface area contributed by atoms with Crippen LogP contribution in [0, 0.1) is 6.92 Å². The zero-order chi connectivity index (χ0) is 14.1. The van der Waals surface area contributed by atoms with Crippen LogP contribution in [0.1, 0.15) is 57.8 Å². The second-order valence-electron chi connectivity index (χ2n) is 4.80. The highest BCUT2D eigenvalue weighted by atomic mass is 16.5. The van der Waals surface area contributed by atoms with Gasteiger partial charge in [-0.15, -0.1) is 0 Å². The lowest BCUT2D eigenvalue weighted by molar-refractivity contribution is 0.294. The van der Waals surface area contributed by atoms with E-state index in [0.717, 1.165) is 68.3 Å². The summed E-state index contributed by atoms with van der Waals surface area (Å²) in [6.07, 6.45) is 5.21. The molecule has 0 aliphatic rings. The number of hydrogen-bond donors (Lipinski definition) is 1.